The fourth-order valence-electron chi connectivity index (χ4n) is 9.00. The zero-order valence-electron chi connectivity index (χ0n) is 58.6. The van der Waals surface area contributed by atoms with E-state index in [4.69, 9.17) is 28.4 Å². The number of hydrogen-bond donors (Lipinski definition) is 12. The third-order valence-corrected chi connectivity index (χ3v) is 12.9. The molecule has 2 aromatic rings. The van der Waals surface area contributed by atoms with Crippen molar-refractivity contribution >= 4 is 66.1 Å². The van der Waals surface area contributed by atoms with Gasteiger partial charge in [0.25, 0.3) is 0 Å². The third-order valence-electron chi connectivity index (χ3n) is 12.9. The Kier molecular flexibility index (Phi) is 30.2. The average Bonchev–Trinajstić information content (AvgIpc) is 1.85. The topological polar surface area (TPSA) is 396 Å². The molecule has 2 aromatic carbocycles. The summed E-state index contributed by atoms with van der Waals surface area (Å²) in [4.78, 5) is 150. The molecule has 29 nitrogen and oxygen atoms in total. The van der Waals surface area contributed by atoms with E-state index in [2.05, 4.69) is 58.5 Å². The van der Waals surface area contributed by atoms with Gasteiger partial charge in [-0.25, -0.2) is 28.8 Å². The molecular weight excluding hydrogens is 1230 g/mol. The summed E-state index contributed by atoms with van der Waals surface area (Å²) >= 11 is 0. The van der Waals surface area contributed by atoms with Crippen LogP contribution in [-0.4, -0.2) is 174 Å². The van der Waals surface area contributed by atoms with E-state index in [0.717, 1.165) is 0 Å². The fraction of sp³-hybridized carbons (Fsp3) is 0.652. The van der Waals surface area contributed by atoms with Crippen molar-refractivity contribution in [3.05, 3.63) is 53.6 Å². The van der Waals surface area contributed by atoms with Crippen molar-refractivity contribution < 1.29 is 86.3 Å². The van der Waals surface area contributed by atoms with Gasteiger partial charge in [-0.05, 0) is 198 Å². The lowest BCUT2D eigenvalue weighted by molar-refractivity contribution is -0.133. The second-order valence-electron chi connectivity index (χ2n) is 29.1. The van der Waals surface area contributed by atoms with Crippen LogP contribution in [0.1, 0.15) is 174 Å². The number of phenols is 1. The summed E-state index contributed by atoms with van der Waals surface area (Å²) in [6.45, 7) is 29.2. The van der Waals surface area contributed by atoms with E-state index in [-0.39, 0.29) is 82.4 Å². The number of hydrogen-bond acceptors (Lipinski definition) is 18. The molecule has 3 rings (SSSR count). The van der Waals surface area contributed by atoms with Crippen LogP contribution in [0.15, 0.2) is 42.5 Å². The van der Waals surface area contributed by atoms with Gasteiger partial charge in [-0.3, -0.25) is 24.0 Å². The standard InChI is InChI=1S/C66H105N11O18/c1-61(2,3)90-55(84)68-31-20-25-43(72-57(86)92-63(7,8)9)37-70-50(79)44(75-58(87)93-64(10,11)12)26-21-30-67-52(81)48(77-60(89)95-66(16,17)18)38-71-51(80)46-34-39-23-19-24-40(33-39)41-28-29-49(78)42(35-41)36-47(76-59(88)94-65(13,14)15)54(83)73-45(53(82)74-46)27-22-32-69-56(85)91-62(4,5)6/h19,23-24,28-29,33,35,43-48,78H,20-22,25-27,30-32,34,36-38H2,1-18H3,(H,67,81)(H,68,84)(H,69,85)(H,70,79)(H,71,80)(H,72,86)(H,73,83)(H,74,82)(H,75,87)(H,76,88)(H,77,89)/t43-,44-,45-,46-,47-,48-/m0/s1. The quantitative estimate of drug-likeness (QED) is 0.0420. The van der Waals surface area contributed by atoms with Gasteiger partial charge in [0.05, 0.1) is 0 Å². The molecule has 0 spiro atoms. The minimum atomic E-state index is -1.54. The first-order valence-electron chi connectivity index (χ1n) is 32.0. The molecule has 1 aliphatic rings. The van der Waals surface area contributed by atoms with Crippen LogP contribution in [0.5, 0.6) is 5.75 Å². The Bertz CT molecular complexity index is 2970. The van der Waals surface area contributed by atoms with Crippen molar-refractivity contribution in [1.82, 2.24) is 58.5 Å². The second kappa shape index (κ2) is 35.6. The van der Waals surface area contributed by atoms with Crippen LogP contribution in [0.2, 0.25) is 0 Å². The van der Waals surface area contributed by atoms with Crippen molar-refractivity contribution in [3.8, 4) is 16.9 Å². The minimum Gasteiger partial charge on any atom is -0.508 e. The zero-order chi connectivity index (χ0) is 71.9. The molecule has 1 aliphatic heterocycles. The number of carbonyl (C=O) groups excluding carboxylic acids is 11. The molecule has 11 amide bonds. The molecule has 0 saturated heterocycles. The maximum Gasteiger partial charge on any atom is 0.408 e. The average molecular weight is 1340 g/mol. The summed E-state index contributed by atoms with van der Waals surface area (Å²) in [5.74, 6) is -4.26. The summed E-state index contributed by atoms with van der Waals surface area (Å²) in [5, 5.41) is 40.4. The summed E-state index contributed by atoms with van der Waals surface area (Å²) in [6.07, 6.45) is -4.98. The molecule has 12 N–H and O–H groups in total. The molecule has 532 valence electrons. The lowest BCUT2D eigenvalue weighted by Gasteiger charge is -2.27. The Balaban J connectivity index is 1.97. The fourth-order valence-corrected chi connectivity index (χ4v) is 9.00. The molecule has 6 atom stereocenters. The van der Waals surface area contributed by atoms with Crippen LogP contribution in [0.4, 0.5) is 28.8 Å². The van der Waals surface area contributed by atoms with Gasteiger partial charge in [-0.2, -0.15) is 0 Å². The van der Waals surface area contributed by atoms with E-state index < -0.39 is 142 Å². The maximum absolute atomic E-state index is 14.7. The number of aromatic hydroxyl groups is 1. The molecule has 0 fully saturated rings. The lowest BCUT2D eigenvalue weighted by atomic mass is 9.96. The second-order valence-corrected chi connectivity index (χ2v) is 29.1. The number of fused-ring (bicyclic) bond motifs is 5. The van der Waals surface area contributed by atoms with Crippen LogP contribution in [0.25, 0.3) is 11.1 Å². The Labute approximate surface area is 557 Å². The van der Waals surface area contributed by atoms with Gasteiger partial charge in [-0.1, -0.05) is 30.3 Å². The van der Waals surface area contributed by atoms with E-state index in [1.807, 2.05) is 0 Å². The van der Waals surface area contributed by atoms with Crippen LogP contribution < -0.4 is 58.5 Å². The maximum atomic E-state index is 14.7. The predicted octanol–water partition coefficient (Wildman–Crippen LogP) is 6.44. The lowest BCUT2D eigenvalue weighted by Crippen LogP contribution is -2.59. The predicted molar refractivity (Wildman–Crippen MR) is 353 cm³/mol. The molecule has 0 aliphatic carbocycles. The van der Waals surface area contributed by atoms with Crippen LogP contribution in [0.3, 0.4) is 0 Å². The summed E-state index contributed by atoms with van der Waals surface area (Å²) < 4.78 is 32.6. The molecular formula is C66H105N11O18. The number of benzene rings is 2. The first-order chi connectivity index (χ1) is 43.7. The number of alkyl carbamates (subject to hydrolysis) is 6. The van der Waals surface area contributed by atoms with E-state index in [1.54, 1.807) is 161 Å². The van der Waals surface area contributed by atoms with Gasteiger partial charge in [0.2, 0.25) is 29.5 Å². The highest BCUT2D eigenvalue weighted by molar-refractivity contribution is 5.95. The highest BCUT2D eigenvalue weighted by Gasteiger charge is 2.34. The number of carbonyl (C=O) groups is 11. The van der Waals surface area contributed by atoms with Crippen LogP contribution in [-0.2, 0) is 65.2 Å². The number of rotatable bonds is 23. The number of nitrogens with one attached hydrogen (secondary N) is 11. The monoisotopic (exact) mass is 1340 g/mol. The SMILES string of the molecule is CC(C)(C)OC(=O)NCCC[C@@H](CNC(=O)[C@H](CCCNC(=O)[C@H](CNC(=O)[C@@H]1Cc2cccc(c2)-c2ccc(O)c(c2)C[C@H](NC(=O)OC(C)(C)C)C(=O)N[C@@H](CCCNC(=O)OC(C)(C)C)C(=O)N1)NC(=O)OC(C)(C)C)NC(=O)OC(C)(C)C)NC(=O)OC(C)(C)C. The van der Waals surface area contributed by atoms with E-state index in [0.29, 0.717) is 23.1 Å². The first kappa shape index (κ1) is 80.4. The van der Waals surface area contributed by atoms with Crippen molar-refractivity contribution in [1.29, 1.82) is 0 Å². The molecule has 1 heterocycles. The molecule has 0 aromatic heterocycles. The zero-order valence-corrected chi connectivity index (χ0v) is 58.6. The molecule has 95 heavy (non-hydrogen) atoms. The minimum absolute atomic E-state index is 0.0180. The van der Waals surface area contributed by atoms with E-state index in [9.17, 15) is 57.8 Å². The van der Waals surface area contributed by atoms with Gasteiger partial charge in [0, 0.05) is 51.6 Å². The van der Waals surface area contributed by atoms with E-state index >= 15 is 0 Å². The van der Waals surface area contributed by atoms with Gasteiger partial charge in [0.1, 0.15) is 69.6 Å². The largest absolute Gasteiger partial charge is 0.508 e. The van der Waals surface area contributed by atoms with Gasteiger partial charge in [0.15, 0.2) is 0 Å². The molecule has 0 saturated carbocycles. The van der Waals surface area contributed by atoms with E-state index in [1.165, 1.54) is 6.07 Å². The Morgan fingerprint density at radius 3 is 1.52 bits per heavy atom. The smallest absolute Gasteiger partial charge is 0.408 e. The molecule has 4 bridgehead atoms. The number of phenolic OH excluding ortho intramolecular Hbond substituents is 1. The van der Waals surface area contributed by atoms with Crippen molar-refractivity contribution in [2.45, 2.75) is 246 Å². The van der Waals surface area contributed by atoms with Crippen molar-refractivity contribution in [2.75, 3.05) is 32.7 Å². The highest BCUT2D eigenvalue weighted by Crippen LogP contribution is 2.29. The molecule has 0 unspecified atom stereocenters. The van der Waals surface area contributed by atoms with Crippen molar-refractivity contribution in [3.63, 3.8) is 0 Å². The normalized spacial score (nSPS) is 16.5. The highest BCUT2D eigenvalue weighted by atomic mass is 16.6. The Morgan fingerprint density at radius 2 is 0.958 bits per heavy atom. The first-order valence-corrected chi connectivity index (χ1v) is 32.0. The Morgan fingerprint density at radius 1 is 0.484 bits per heavy atom. The summed E-state index contributed by atoms with van der Waals surface area (Å²) in [5.41, 5.74) is -3.38. The molecule has 29 heteroatoms. The summed E-state index contributed by atoms with van der Waals surface area (Å²) in [6, 6.07) is 3.87. The van der Waals surface area contributed by atoms with Gasteiger partial charge in [-0.15, -0.1) is 0 Å². The van der Waals surface area contributed by atoms with Gasteiger partial charge < -0.3 is 92.0 Å². The van der Waals surface area contributed by atoms with Gasteiger partial charge >= 0.3 is 36.6 Å². The summed E-state index contributed by atoms with van der Waals surface area (Å²) in [7, 11) is 0. The third kappa shape index (κ3) is 34.3. The number of amides is 11. The van der Waals surface area contributed by atoms with Crippen LogP contribution in [0, 0.1) is 0 Å². The molecule has 0 radical (unpaired) electrons. The van der Waals surface area contributed by atoms with Crippen molar-refractivity contribution in [2.24, 2.45) is 0 Å². The van der Waals surface area contributed by atoms with Crippen LogP contribution >= 0.6 is 0 Å². The number of ether oxygens (including phenoxy) is 6. The Hall–Kier alpha value is -8.79.